The number of aliphatic imine (C=N–C) groups is 1. The zero-order chi connectivity index (χ0) is 42.5. The zero-order valence-corrected chi connectivity index (χ0v) is 38.3. The number of ether oxygens (including phenoxy) is 2. The van der Waals surface area contributed by atoms with E-state index < -0.39 is 0 Å². The number of fused-ring (bicyclic) bond motifs is 5. The van der Waals surface area contributed by atoms with Crippen LogP contribution in [0.4, 0.5) is 0 Å². The van der Waals surface area contributed by atoms with Crippen molar-refractivity contribution in [3.05, 3.63) is 118 Å². The van der Waals surface area contributed by atoms with Gasteiger partial charge in [0.15, 0.2) is 0 Å². The van der Waals surface area contributed by atoms with Crippen LogP contribution in [0.25, 0.3) is 38.8 Å². The minimum atomic E-state index is -0.321. The Bertz CT molecular complexity index is 2610. The van der Waals surface area contributed by atoms with Crippen LogP contribution in [0.1, 0.15) is 148 Å². The summed E-state index contributed by atoms with van der Waals surface area (Å²) in [5.74, 6) is 4.30. The maximum atomic E-state index is 7.17. The number of hydrogen-bond acceptors (Lipinski definition) is 4. The lowest BCUT2D eigenvalue weighted by atomic mass is 9.72. The number of pyridine rings is 1. The van der Waals surface area contributed by atoms with Crippen LogP contribution in [0.5, 0.6) is 11.5 Å². The molecule has 0 fully saturated rings. The zero-order valence-electron chi connectivity index (χ0n) is 38.3. The first-order chi connectivity index (χ1) is 27.7. The van der Waals surface area contributed by atoms with Gasteiger partial charge in [-0.15, -0.1) is 0 Å². The molecule has 0 amide bonds. The van der Waals surface area contributed by atoms with Crippen molar-refractivity contribution < 1.29 is 9.47 Å². The Morgan fingerprint density at radius 2 is 1.41 bits per heavy atom. The van der Waals surface area contributed by atoms with E-state index in [1.807, 2.05) is 6.20 Å². The summed E-state index contributed by atoms with van der Waals surface area (Å²) in [6.45, 7) is 35.1. The fraction of sp³-hybridized carbons (Fsp3) is 0.444. The average molecular weight is 788 g/mol. The van der Waals surface area contributed by atoms with E-state index in [-0.39, 0.29) is 16.4 Å². The molecular weight excluding hydrogens is 723 g/mol. The Morgan fingerprint density at radius 1 is 0.746 bits per heavy atom. The number of nitrogens with zero attached hydrogens (tertiary/aromatic N) is 3. The largest absolute Gasteiger partial charge is 0.475 e. The Morgan fingerprint density at radius 3 is 2.03 bits per heavy atom. The first-order valence-electron chi connectivity index (χ1n) is 22.0. The molecule has 0 bridgehead atoms. The third kappa shape index (κ3) is 6.77. The lowest BCUT2D eigenvalue weighted by Crippen LogP contribution is -2.40. The summed E-state index contributed by atoms with van der Waals surface area (Å²) in [5.41, 5.74) is 13.8. The van der Waals surface area contributed by atoms with Crippen LogP contribution in [-0.4, -0.2) is 27.6 Å². The molecule has 308 valence electrons. The van der Waals surface area contributed by atoms with E-state index in [0.29, 0.717) is 42.1 Å². The minimum absolute atomic E-state index is 0.00257. The highest BCUT2D eigenvalue weighted by Crippen LogP contribution is 2.51. The van der Waals surface area contributed by atoms with E-state index in [1.165, 1.54) is 49.7 Å². The van der Waals surface area contributed by atoms with Gasteiger partial charge in [-0.2, -0.15) is 0 Å². The smallest absolute Gasteiger partial charge is 0.216 e. The van der Waals surface area contributed by atoms with Crippen molar-refractivity contribution in [3.63, 3.8) is 0 Å². The summed E-state index contributed by atoms with van der Waals surface area (Å²) in [6, 6.07) is 27.1. The van der Waals surface area contributed by atoms with E-state index in [0.717, 1.165) is 39.5 Å². The van der Waals surface area contributed by atoms with Crippen molar-refractivity contribution in [3.8, 4) is 28.3 Å². The van der Waals surface area contributed by atoms with Crippen molar-refractivity contribution in [2.45, 2.75) is 132 Å². The van der Waals surface area contributed by atoms with Gasteiger partial charge in [-0.25, -0.2) is 9.98 Å². The molecule has 1 atom stereocenters. The SMILES string of the molecule is Cc1cc2c(cc1Oc1cc(C3=N[C@](C)(C(C(C)C)C(C)C)CO3)cc(-c3c(C(C)C)cccc3C(C)C)c1)-n1c3ncccc3c3cc(C(C)(C)C)cc(c31)C2(C)C. The Kier molecular flexibility index (Phi) is 9.96. The van der Waals surface area contributed by atoms with Gasteiger partial charge >= 0.3 is 0 Å². The van der Waals surface area contributed by atoms with Crippen molar-refractivity contribution in [1.29, 1.82) is 0 Å². The van der Waals surface area contributed by atoms with Crippen molar-refractivity contribution in [2.24, 2.45) is 22.7 Å². The van der Waals surface area contributed by atoms with Crippen LogP contribution < -0.4 is 4.74 Å². The number of rotatable bonds is 9. The predicted molar refractivity (Wildman–Crippen MR) is 248 cm³/mol. The third-order valence-corrected chi connectivity index (χ3v) is 13.4. The molecule has 2 aliphatic rings. The third-order valence-electron chi connectivity index (χ3n) is 13.4. The van der Waals surface area contributed by atoms with E-state index in [9.17, 15) is 0 Å². The highest BCUT2D eigenvalue weighted by Gasteiger charge is 2.43. The molecule has 0 unspecified atom stereocenters. The van der Waals surface area contributed by atoms with E-state index in [2.05, 4.69) is 181 Å². The number of hydrogen-bond donors (Lipinski definition) is 0. The quantitative estimate of drug-likeness (QED) is 0.147. The second-order valence-electron chi connectivity index (χ2n) is 20.7. The van der Waals surface area contributed by atoms with Crippen LogP contribution in [0.15, 0.2) is 84.0 Å². The Hall–Kier alpha value is -4.90. The molecule has 5 heteroatoms. The maximum absolute atomic E-state index is 7.17. The molecule has 0 spiro atoms. The lowest BCUT2D eigenvalue weighted by Gasteiger charge is -2.36. The van der Waals surface area contributed by atoms with Gasteiger partial charge in [-0.05, 0) is 136 Å². The van der Waals surface area contributed by atoms with Crippen LogP contribution in [0, 0.1) is 24.7 Å². The molecule has 4 aromatic carbocycles. The van der Waals surface area contributed by atoms with Crippen molar-refractivity contribution in [2.75, 3.05) is 6.61 Å². The summed E-state index contributed by atoms with van der Waals surface area (Å²) in [5, 5.41) is 2.42. The molecule has 2 aliphatic heterocycles. The minimum Gasteiger partial charge on any atom is -0.475 e. The topological polar surface area (TPSA) is 48.6 Å². The molecule has 0 aliphatic carbocycles. The standard InChI is InChI=1S/C54H65N3O2/c1-30(2)39-18-16-19-40(31(3)4)47(39)35-23-36(51-56-54(15,29-58-51)48(32(5)6)33(7)8)25-38(24-35)59-46-28-45-43(22-34(46)9)53(13,14)44-27-37(52(10,11)12)26-42-41-20-17-21-55-50(41)57(45)49(42)44/h16-28,30-33,48H,29H2,1-15H3/t54-/m0/s1. The maximum Gasteiger partial charge on any atom is 0.216 e. The van der Waals surface area contributed by atoms with E-state index in [1.54, 1.807) is 0 Å². The molecule has 6 aromatic rings. The highest BCUT2D eigenvalue weighted by atomic mass is 16.5. The van der Waals surface area contributed by atoms with Gasteiger partial charge in [0.2, 0.25) is 5.90 Å². The molecule has 0 saturated heterocycles. The van der Waals surface area contributed by atoms with Crippen LogP contribution in [-0.2, 0) is 15.6 Å². The fourth-order valence-corrected chi connectivity index (χ4v) is 10.7. The molecule has 0 N–H and O–H groups in total. The van der Waals surface area contributed by atoms with Gasteiger partial charge in [0.25, 0.3) is 0 Å². The molecule has 4 heterocycles. The second kappa shape index (κ2) is 14.4. The molecular formula is C54H65N3O2. The predicted octanol–water partition coefficient (Wildman–Crippen LogP) is 14.6. The van der Waals surface area contributed by atoms with Gasteiger partial charge < -0.3 is 9.47 Å². The number of aromatic nitrogens is 2. The van der Waals surface area contributed by atoms with Crippen molar-refractivity contribution >= 4 is 27.8 Å². The van der Waals surface area contributed by atoms with E-state index in [4.69, 9.17) is 19.5 Å². The molecule has 5 nitrogen and oxygen atoms in total. The summed E-state index contributed by atoms with van der Waals surface area (Å²) in [6.07, 6.45) is 1.91. The molecule has 0 radical (unpaired) electrons. The van der Waals surface area contributed by atoms with Crippen LogP contribution in [0.2, 0.25) is 0 Å². The van der Waals surface area contributed by atoms with Gasteiger partial charge in [0, 0.05) is 34.0 Å². The Labute approximate surface area is 353 Å². The average Bonchev–Trinajstić information content (AvgIpc) is 3.72. The van der Waals surface area contributed by atoms with Crippen molar-refractivity contribution in [1.82, 2.24) is 9.55 Å². The van der Waals surface area contributed by atoms with Crippen LogP contribution in [0.3, 0.4) is 0 Å². The van der Waals surface area contributed by atoms with Gasteiger partial charge in [0.05, 0.1) is 16.7 Å². The van der Waals surface area contributed by atoms with E-state index >= 15 is 0 Å². The normalized spacial score (nSPS) is 17.5. The van der Waals surface area contributed by atoms with Crippen LogP contribution >= 0.6 is 0 Å². The molecule has 0 saturated carbocycles. The molecule has 59 heavy (non-hydrogen) atoms. The summed E-state index contributed by atoms with van der Waals surface area (Å²) >= 11 is 0. The number of aryl methyl sites for hydroxylation is 1. The first-order valence-corrected chi connectivity index (χ1v) is 22.0. The van der Waals surface area contributed by atoms with Gasteiger partial charge in [-0.3, -0.25) is 4.57 Å². The lowest BCUT2D eigenvalue weighted by molar-refractivity contribution is 0.129. The summed E-state index contributed by atoms with van der Waals surface area (Å²) in [7, 11) is 0. The summed E-state index contributed by atoms with van der Waals surface area (Å²) < 4.78 is 16.2. The number of benzene rings is 4. The fourth-order valence-electron chi connectivity index (χ4n) is 10.7. The Balaban J connectivity index is 1.33. The first kappa shape index (κ1) is 40.9. The molecule has 2 aromatic heterocycles. The highest BCUT2D eigenvalue weighted by molar-refractivity contribution is 6.10. The van der Waals surface area contributed by atoms with Gasteiger partial charge in [0.1, 0.15) is 23.8 Å². The molecule has 8 rings (SSSR count). The second-order valence-corrected chi connectivity index (χ2v) is 20.7. The summed E-state index contributed by atoms with van der Waals surface area (Å²) in [4.78, 5) is 10.5. The monoisotopic (exact) mass is 788 g/mol. The van der Waals surface area contributed by atoms with Gasteiger partial charge in [-0.1, -0.05) is 114 Å².